The molecule has 0 bridgehead atoms. The van der Waals surface area contributed by atoms with Crippen LogP contribution in [0, 0.1) is 5.92 Å². The Balaban J connectivity index is 3.53. The molecule has 0 atom stereocenters. The van der Waals surface area contributed by atoms with Crippen molar-refractivity contribution in [2.75, 3.05) is 6.54 Å². The van der Waals surface area contributed by atoms with Crippen LogP contribution in [0.5, 0.6) is 0 Å². The average Bonchev–Trinajstić information content (AvgIpc) is 1.81. The lowest BCUT2D eigenvalue weighted by molar-refractivity contribution is -0.161. The molecule has 0 aliphatic heterocycles. The van der Waals surface area contributed by atoms with Gasteiger partial charge in [-0.05, 0) is 19.3 Å². The van der Waals surface area contributed by atoms with Gasteiger partial charge in [0.15, 0.2) is 5.79 Å². The van der Waals surface area contributed by atoms with Crippen LogP contribution in [0.2, 0.25) is 0 Å². The summed E-state index contributed by atoms with van der Waals surface area (Å²) in [5.74, 6) is -1.69. The number of carbonyl (C=O) groups excluding carboxylic acids is 1. The van der Waals surface area contributed by atoms with Crippen molar-refractivity contribution < 1.29 is 15.0 Å². The Kier molecular flexibility index (Phi) is 4.95. The maximum Gasteiger partial charge on any atom is 0.225 e. The van der Waals surface area contributed by atoms with Gasteiger partial charge in [0, 0.05) is 6.54 Å². The number of amides is 1. The van der Waals surface area contributed by atoms with Gasteiger partial charge in [0.1, 0.15) is 0 Å². The molecule has 0 radical (unpaired) electrons. The second-order valence-electron chi connectivity index (χ2n) is 3.93. The third kappa shape index (κ3) is 9.30. The monoisotopic (exact) mass is 189 g/mol. The fourth-order valence-electron chi connectivity index (χ4n) is 0.867. The van der Waals surface area contributed by atoms with Crippen LogP contribution in [0.15, 0.2) is 0 Å². The van der Waals surface area contributed by atoms with Crippen molar-refractivity contribution in [2.24, 2.45) is 5.92 Å². The van der Waals surface area contributed by atoms with E-state index in [1.165, 1.54) is 6.92 Å². The van der Waals surface area contributed by atoms with Crippen LogP contribution in [0.3, 0.4) is 0 Å². The Morgan fingerprint density at radius 2 is 2.00 bits per heavy atom. The quantitative estimate of drug-likeness (QED) is 0.543. The van der Waals surface area contributed by atoms with Crippen molar-refractivity contribution in [3.05, 3.63) is 0 Å². The molecule has 0 aromatic rings. The molecule has 0 aromatic carbocycles. The summed E-state index contributed by atoms with van der Waals surface area (Å²) in [5, 5.41) is 20.4. The van der Waals surface area contributed by atoms with E-state index in [0.717, 1.165) is 6.42 Å². The molecule has 0 unspecified atom stereocenters. The molecule has 0 saturated heterocycles. The lowest BCUT2D eigenvalue weighted by atomic mass is 10.1. The number of carbonyl (C=O) groups is 1. The molecule has 0 saturated carbocycles. The molecule has 0 aliphatic carbocycles. The van der Waals surface area contributed by atoms with Crippen LogP contribution in [0.1, 0.15) is 33.6 Å². The molecule has 0 fully saturated rings. The molecule has 1 amide bonds. The molecule has 0 rings (SSSR count). The minimum atomic E-state index is -1.90. The van der Waals surface area contributed by atoms with E-state index in [1.54, 1.807) is 0 Å². The summed E-state index contributed by atoms with van der Waals surface area (Å²) < 4.78 is 0. The van der Waals surface area contributed by atoms with Gasteiger partial charge < -0.3 is 15.5 Å². The highest BCUT2D eigenvalue weighted by Gasteiger charge is 2.19. The first kappa shape index (κ1) is 12.4. The first-order chi connectivity index (χ1) is 5.81. The van der Waals surface area contributed by atoms with Gasteiger partial charge in [0.2, 0.25) is 5.91 Å². The van der Waals surface area contributed by atoms with Crippen molar-refractivity contribution in [2.45, 2.75) is 39.4 Å². The molecule has 78 valence electrons. The van der Waals surface area contributed by atoms with E-state index in [2.05, 4.69) is 19.2 Å². The van der Waals surface area contributed by atoms with Gasteiger partial charge in [-0.15, -0.1) is 0 Å². The highest BCUT2D eigenvalue weighted by molar-refractivity contribution is 5.76. The number of hydrogen-bond acceptors (Lipinski definition) is 3. The fourth-order valence-corrected chi connectivity index (χ4v) is 0.867. The van der Waals surface area contributed by atoms with Gasteiger partial charge >= 0.3 is 0 Å². The minimum absolute atomic E-state index is 0.273. The van der Waals surface area contributed by atoms with Crippen LogP contribution < -0.4 is 5.32 Å². The zero-order valence-electron chi connectivity index (χ0n) is 8.50. The Morgan fingerprint density at radius 1 is 1.46 bits per heavy atom. The van der Waals surface area contributed by atoms with E-state index < -0.39 is 5.79 Å². The van der Waals surface area contributed by atoms with Gasteiger partial charge in [-0.1, -0.05) is 13.8 Å². The van der Waals surface area contributed by atoms with E-state index >= 15 is 0 Å². The van der Waals surface area contributed by atoms with Gasteiger partial charge in [-0.3, -0.25) is 4.79 Å². The maximum absolute atomic E-state index is 11.0. The predicted molar refractivity (Wildman–Crippen MR) is 49.9 cm³/mol. The molecule has 0 heterocycles. The topological polar surface area (TPSA) is 69.6 Å². The van der Waals surface area contributed by atoms with E-state index in [4.69, 9.17) is 10.2 Å². The molecule has 0 aromatic heterocycles. The van der Waals surface area contributed by atoms with Gasteiger partial charge in [-0.25, -0.2) is 0 Å². The first-order valence-electron chi connectivity index (χ1n) is 4.52. The lowest BCUT2D eigenvalue weighted by Crippen LogP contribution is -2.34. The predicted octanol–water partition coefficient (Wildman–Crippen LogP) is 0.240. The van der Waals surface area contributed by atoms with Crippen LogP contribution in [-0.4, -0.2) is 28.5 Å². The lowest BCUT2D eigenvalue weighted by Gasteiger charge is -2.15. The van der Waals surface area contributed by atoms with Gasteiger partial charge in [-0.2, -0.15) is 0 Å². The van der Waals surface area contributed by atoms with Crippen LogP contribution in [-0.2, 0) is 4.79 Å². The summed E-state index contributed by atoms with van der Waals surface area (Å²) in [6.07, 6.45) is 0.629. The molecule has 4 nitrogen and oxygen atoms in total. The Labute approximate surface area is 79.0 Å². The van der Waals surface area contributed by atoms with Gasteiger partial charge in [0.05, 0.1) is 6.42 Å². The van der Waals surface area contributed by atoms with Crippen LogP contribution in [0.25, 0.3) is 0 Å². The van der Waals surface area contributed by atoms with Crippen molar-refractivity contribution in [3.63, 3.8) is 0 Å². The zero-order chi connectivity index (χ0) is 10.5. The normalized spacial score (nSPS) is 11.8. The summed E-state index contributed by atoms with van der Waals surface area (Å²) in [6.45, 7) is 5.91. The van der Waals surface area contributed by atoms with Gasteiger partial charge in [0.25, 0.3) is 0 Å². The third-order valence-electron chi connectivity index (χ3n) is 1.54. The second-order valence-corrected chi connectivity index (χ2v) is 3.93. The van der Waals surface area contributed by atoms with E-state index in [-0.39, 0.29) is 12.3 Å². The molecule has 0 spiro atoms. The highest BCUT2D eigenvalue weighted by atomic mass is 16.5. The number of rotatable bonds is 5. The first-order valence-corrected chi connectivity index (χ1v) is 4.52. The van der Waals surface area contributed by atoms with Crippen molar-refractivity contribution in [1.82, 2.24) is 5.32 Å². The minimum Gasteiger partial charge on any atom is -0.365 e. The van der Waals surface area contributed by atoms with E-state index in [0.29, 0.717) is 12.5 Å². The average molecular weight is 189 g/mol. The molecular weight excluding hydrogens is 170 g/mol. The molecule has 3 N–H and O–H groups in total. The SMILES string of the molecule is CC(C)CCNC(=O)CC(C)(O)O. The Morgan fingerprint density at radius 3 is 2.38 bits per heavy atom. The highest BCUT2D eigenvalue weighted by Crippen LogP contribution is 2.03. The van der Waals surface area contributed by atoms with Crippen molar-refractivity contribution >= 4 is 5.91 Å². The fraction of sp³-hybridized carbons (Fsp3) is 0.889. The van der Waals surface area contributed by atoms with Crippen molar-refractivity contribution in [3.8, 4) is 0 Å². The van der Waals surface area contributed by atoms with Crippen molar-refractivity contribution in [1.29, 1.82) is 0 Å². The summed E-state index contributed by atoms with van der Waals surface area (Å²) in [4.78, 5) is 11.0. The van der Waals surface area contributed by atoms with Crippen LogP contribution in [0.4, 0.5) is 0 Å². The molecular formula is C9H19NO3. The molecule has 13 heavy (non-hydrogen) atoms. The van der Waals surface area contributed by atoms with Crippen LogP contribution >= 0.6 is 0 Å². The molecule has 4 heteroatoms. The summed E-state index contributed by atoms with van der Waals surface area (Å²) in [7, 11) is 0. The molecule has 0 aliphatic rings. The van der Waals surface area contributed by atoms with E-state index in [1.807, 2.05) is 0 Å². The zero-order valence-corrected chi connectivity index (χ0v) is 8.50. The van der Waals surface area contributed by atoms with E-state index in [9.17, 15) is 4.79 Å². The third-order valence-corrected chi connectivity index (χ3v) is 1.54. The second kappa shape index (κ2) is 5.19. The number of nitrogens with one attached hydrogen (secondary N) is 1. The smallest absolute Gasteiger partial charge is 0.225 e. The number of aliphatic hydroxyl groups is 2. The summed E-state index contributed by atoms with van der Waals surface area (Å²) >= 11 is 0. The maximum atomic E-state index is 11.0. The largest absolute Gasteiger partial charge is 0.365 e. The standard InChI is InChI=1S/C9H19NO3/c1-7(2)4-5-10-8(11)6-9(3,12)13/h7,12-13H,4-6H2,1-3H3,(H,10,11). The summed E-state index contributed by atoms with van der Waals surface area (Å²) in [6, 6.07) is 0. The summed E-state index contributed by atoms with van der Waals surface area (Å²) in [5.41, 5.74) is 0. The number of hydrogen-bond donors (Lipinski definition) is 3. The Bertz CT molecular complexity index is 161. The Hall–Kier alpha value is -0.610.